The van der Waals surface area contributed by atoms with Crippen molar-refractivity contribution in [3.63, 3.8) is 0 Å². The van der Waals surface area contributed by atoms with Crippen molar-refractivity contribution in [3.8, 4) is 0 Å². The summed E-state index contributed by atoms with van der Waals surface area (Å²) in [5.41, 5.74) is 1.03. The summed E-state index contributed by atoms with van der Waals surface area (Å²) < 4.78 is 0.452. The Hall–Kier alpha value is -0.0300. The van der Waals surface area contributed by atoms with E-state index in [0.717, 1.165) is 36.7 Å². The Bertz CT molecular complexity index is 647. The van der Waals surface area contributed by atoms with Crippen molar-refractivity contribution < 1.29 is 4.79 Å². The second kappa shape index (κ2) is 7.53. The molecule has 1 aromatic rings. The standard InChI is InChI=1S/C19H23Cl2NOS2/c20-16-4-1-12(17(21)11-16)5-6-22-18(23)13-9-14-2-3-15(10-13)19(14)24-7-8-25-19/h1,4,11,13-15H,2-3,5-10H2,(H,22,23). The van der Waals surface area contributed by atoms with Crippen LogP contribution < -0.4 is 5.32 Å². The fourth-order valence-electron chi connectivity index (χ4n) is 4.80. The van der Waals surface area contributed by atoms with Gasteiger partial charge in [0.25, 0.3) is 0 Å². The summed E-state index contributed by atoms with van der Waals surface area (Å²) in [5, 5.41) is 4.47. The van der Waals surface area contributed by atoms with Crippen molar-refractivity contribution in [2.24, 2.45) is 17.8 Å². The number of halogens is 2. The van der Waals surface area contributed by atoms with Crippen molar-refractivity contribution in [2.45, 2.75) is 36.2 Å². The molecule has 2 aliphatic carbocycles. The van der Waals surface area contributed by atoms with Crippen molar-refractivity contribution in [1.29, 1.82) is 0 Å². The summed E-state index contributed by atoms with van der Waals surface area (Å²) in [6.07, 6.45) is 5.52. The molecular weight excluding hydrogens is 393 g/mol. The number of carbonyl (C=O) groups excluding carboxylic acids is 1. The van der Waals surface area contributed by atoms with Gasteiger partial charge in [0.2, 0.25) is 5.91 Å². The van der Waals surface area contributed by atoms with Crippen LogP contribution in [0, 0.1) is 17.8 Å². The highest BCUT2D eigenvalue weighted by molar-refractivity contribution is 8.21. The first kappa shape index (κ1) is 18.3. The average Bonchev–Trinajstić information content (AvgIpc) is 3.12. The molecule has 1 spiro atoms. The van der Waals surface area contributed by atoms with Gasteiger partial charge >= 0.3 is 0 Å². The number of amides is 1. The van der Waals surface area contributed by atoms with Crippen LogP contribution in [0.3, 0.4) is 0 Å². The van der Waals surface area contributed by atoms with E-state index in [1.807, 2.05) is 12.1 Å². The molecule has 25 heavy (non-hydrogen) atoms. The van der Waals surface area contributed by atoms with Gasteiger partial charge in [0, 0.05) is 34.0 Å². The maximum Gasteiger partial charge on any atom is 0.223 e. The first-order chi connectivity index (χ1) is 12.1. The molecule has 1 N–H and O–H groups in total. The molecule has 2 saturated carbocycles. The molecule has 136 valence electrons. The second-order valence-corrected chi connectivity index (χ2v) is 11.2. The molecule has 1 amide bonds. The lowest BCUT2D eigenvalue weighted by Crippen LogP contribution is -2.43. The normalized spacial score (nSPS) is 29.9. The van der Waals surface area contributed by atoms with Gasteiger partial charge in [0.15, 0.2) is 0 Å². The Labute approximate surface area is 168 Å². The molecule has 2 atom stereocenters. The molecule has 6 heteroatoms. The minimum atomic E-state index is 0.200. The third-order valence-corrected chi connectivity index (χ3v) is 10.6. The maximum absolute atomic E-state index is 12.7. The van der Waals surface area contributed by atoms with E-state index < -0.39 is 0 Å². The van der Waals surface area contributed by atoms with Gasteiger partial charge in [0.1, 0.15) is 0 Å². The second-order valence-electron chi connectivity index (χ2n) is 7.33. The van der Waals surface area contributed by atoms with E-state index in [9.17, 15) is 4.79 Å². The minimum Gasteiger partial charge on any atom is -0.356 e. The molecule has 0 radical (unpaired) electrons. The maximum atomic E-state index is 12.7. The zero-order chi connectivity index (χ0) is 17.4. The fraction of sp³-hybridized carbons (Fsp3) is 0.632. The van der Waals surface area contributed by atoms with Gasteiger partial charge in [-0.3, -0.25) is 4.79 Å². The van der Waals surface area contributed by atoms with Crippen LogP contribution in [0.15, 0.2) is 18.2 Å². The van der Waals surface area contributed by atoms with Crippen molar-refractivity contribution in [3.05, 3.63) is 33.8 Å². The molecule has 1 saturated heterocycles. The Morgan fingerprint density at radius 1 is 1.16 bits per heavy atom. The van der Waals surface area contributed by atoms with Gasteiger partial charge in [-0.05, 0) is 61.6 Å². The summed E-state index contributed by atoms with van der Waals surface area (Å²) in [6, 6.07) is 5.55. The van der Waals surface area contributed by atoms with E-state index in [1.54, 1.807) is 6.07 Å². The molecule has 3 aliphatic rings. The van der Waals surface area contributed by atoms with Gasteiger partial charge < -0.3 is 5.32 Å². The predicted octanol–water partition coefficient (Wildman–Crippen LogP) is 5.26. The Kier molecular flexibility index (Phi) is 5.53. The van der Waals surface area contributed by atoms with E-state index in [1.165, 1.54) is 24.3 Å². The summed E-state index contributed by atoms with van der Waals surface area (Å²) in [4.78, 5) is 12.7. The Balaban J connectivity index is 1.31. The highest BCUT2D eigenvalue weighted by Crippen LogP contribution is 2.65. The van der Waals surface area contributed by atoms with Crippen LogP contribution in [-0.4, -0.2) is 28.0 Å². The lowest BCUT2D eigenvalue weighted by atomic mass is 9.79. The van der Waals surface area contributed by atoms with Crippen LogP contribution in [0.25, 0.3) is 0 Å². The van der Waals surface area contributed by atoms with Crippen LogP contribution in [-0.2, 0) is 11.2 Å². The molecule has 0 aromatic heterocycles. The van der Waals surface area contributed by atoms with Crippen LogP contribution in [0.5, 0.6) is 0 Å². The summed E-state index contributed by atoms with van der Waals surface area (Å²) >= 11 is 16.5. The molecule has 1 heterocycles. The third-order valence-electron chi connectivity index (χ3n) is 5.96. The number of rotatable bonds is 4. The Morgan fingerprint density at radius 2 is 1.84 bits per heavy atom. The molecule has 1 aromatic carbocycles. The van der Waals surface area contributed by atoms with E-state index in [2.05, 4.69) is 28.8 Å². The number of nitrogens with one attached hydrogen (secondary N) is 1. The van der Waals surface area contributed by atoms with Gasteiger partial charge in [-0.15, -0.1) is 23.5 Å². The van der Waals surface area contributed by atoms with Crippen molar-refractivity contribution >= 4 is 52.6 Å². The van der Waals surface area contributed by atoms with Crippen LogP contribution in [0.4, 0.5) is 0 Å². The quantitative estimate of drug-likeness (QED) is 0.726. The largest absolute Gasteiger partial charge is 0.356 e. The predicted molar refractivity (Wildman–Crippen MR) is 110 cm³/mol. The van der Waals surface area contributed by atoms with Gasteiger partial charge in [-0.1, -0.05) is 29.3 Å². The monoisotopic (exact) mass is 415 g/mol. The van der Waals surface area contributed by atoms with Crippen LogP contribution in [0.1, 0.15) is 31.2 Å². The Morgan fingerprint density at radius 3 is 2.48 bits per heavy atom. The lowest BCUT2D eigenvalue weighted by Gasteiger charge is -2.42. The number of hydrogen-bond donors (Lipinski definition) is 1. The number of thioether (sulfide) groups is 2. The number of hydrogen-bond acceptors (Lipinski definition) is 3. The first-order valence-electron chi connectivity index (χ1n) is 9.08. The van der Waals surface area contributed by atoms with E-state index in [0.29, 0.717) is 20.7 Å². The molecule has 4 rings (SSSR count). The molecule has 2 bridgehead atoms. The van der Waals surface area contributed by atoms with Gasteiger partial charge in [-0.2, -0.15) is 0 Å². The third kappa shape index (κ3) is 3.56. The van der Waals surface area contributed by atoms with E-state index in [4.69, 9.17) is 23.2 Å². The molecule has 1 aliphatic heterocycles. The summed E-state index contributed by atoms with van der Waals surface area (Å²) in [6.45, 7) is 0.640. The van der Waals surface area contributed by atoms with Gasteiger partial charge in [-0.25, -0.2) is 0 Å². The highest BCUT2D eigenvalue weighted by Gasteiger charge is 2.57. The van der Waals surface area contributed by atoms with Gasteiger partial charge in [0.05, 0.1) is 4.08 Å². The summed E-state index contributed by atoms with van der Waals surface area (Å²) in [7, 11) is 0. The van der Waals surface area contributed by atoms with E-state index >= 15 is 0 Å². The van der Waals surface area contributed by atoms with Crippen LogP contribution >= 0.6 is 46.7 Å². The minimum absolute atomic E-state index is 0.200. The zero-order valence-electron chi connectivity index (χ0n) is 14.1. The van der Waals surface area contributed by atoms with Crippen LogP contribution in [0.2, 0.25) is 10.0 Å². The number of carbonyl (C=O) groups is 1. The zero-order valence-corrected chi connectivity index (χ0v) is 17.2. The average molecular weight is 416 g/mol. The topological polar surface area (TPSA) is 29.1 Å². The molecule has 2 nitrogen and oxygen atoms in total. The fourth-order valence-corrected chi connectivity index (χ4v) is 9.24. The van der Waals surface area contributed by atoms with Crippen molar-refractivity contribution in [1.82, 2.24) is 5.32 Å². The smallest absolute Gasteiger partial charge is 0.223 e. The van der Waals surface area contributed by atoms with Crippen molar-refractivity contribution in [2.75, 3.05) is 18.1 Å². The molecule has 2 unspecified atom stereocenters. The first-order valence-corrected chi connectivity index (χ1v) is 11.8. The molecule has 3 fully saturated rings. The van der Waals surface area contributed by atoms with E-state index in [-0.39, 0.29) is 11.8 Å². The summed E-state index contributed by atoms with van der Waals surface area (Å²) in [5.74, 6) is 4.47. The highest BCUT2D eigenvalue weighted by atomic mass is 35.5. The lowest BCUT2D eigenvalue weighted by molar-refractivity contribution is -0.126. The number of benzene rings is 1. The SMILES string of the molecule is O=C(NCCc1ccc(Cl)cc1Cl)C1CC2CCC(C1)C21SCCS1. The molecular formula is C19H23Cl2NOS2.